The van der Waals surface area contributed by atoms with Crippen LogP contribution >= 0.6 is 0 Å². The molecule has 0 aliphatic rings. The van der Waals surface area contributed by atoms with Crippen molar-refractivity contribution in [2.24, 2.45) is 5.92 Å². The summed E-state index contributed by atoms with van der Waals surface area (Å²) in [5.41, 5.74) is 0. The molecule has 4 nitrogen and oxygen atoms in total. The molecule has 0 rings (SSSR count). The molecule has 16 heavy (non-hydrogen) atoms. The second kappa shape index (κ2) is 7.63. The number of carbonyl (C=O) groups is 1. The average molecular weight is 230 g/mol. The minimum Gasteiger partial charge on any atom is -0.369 e. The molecule has 96 valence electrons. The number of nitrogens with zero attached hydrogens (tertiary/aromatic N) is 1. The molecular weight excluding hydrogens is 204 g/mol. The van der Waals surface area contributed by atoms with Crippen molar-refractivity contribution >= 4 is 5.91 Å². The third-order valence-electron chi connectivity index (χ3n) is 2.26. The average Bonchev–Trinajstić information content (AvgIpc) is 2.12. The quantitative estimate of drug-likeness (QED) is 0.712. The fraction of sp³-hybridized carbons (Fsp3) is 0.917. The minimum atomic E-state index is -0.0331. The lowest BCUT2D eigenvalue weighted by Crippen LogP contribution is -2.46. The minimum absolute atomic E-state index is 0.0331. The molecule has 0 aliphatic heterocycles. The predicted octanol–water partition coefficient (Wildman–Crippen LogP) is 1.11. The van der Waals surface area contributed by atoms with E-state index in [0.717, 1.165) is 6.54 Å². The smallest absolute Gasteiger partial charge is 0.246 e. The van der Waals surface area contributed by atoms with E-state index in [-0.39, 0.29) is 24.7 Å². The molecule has 0 heterocycles. The highest BCUT2D eigenvalue weighted by Gasteiger charge is 2.16. The summed E-state index contributed by atoms with van der Waals surface area (Å²) in [4.78, 5) is 13.7. The lowest BCUT2D eigenvalue weighted by Gasteiger charge is -2.25. The van der Waals surface area contributed by atoms with Crippen LogP contribution in [0.3, 0.4) is 0 Å². The summed E-state index contributed by atoms with van der Waals surface area (Å²) in [5.74, 6) is 0.389. The number of nitrogens with one attached hydrogen (secondary N) is 1. The largest absolute Gasteiger partial charge is 0.369 e. The fourth-order valence-corrected chi connectivity index (χ4v) is 1.31. The Hall–Kier alpha value is -0.610. The van der Waals surface area contributed by atoms with Gasteiger partial charge < -0.3 is 15.0 Å². The molecule has 0 bridgehead atoms. The Morgan fingerprint density at radius 2 is 1.81 bits per heavy atom. The van der Waals surface area contributed by atoms with Crippen molar-refractivity contribution in [3.05, 3.63) is 0 Å². The molecule has 1 atom stereocenters. The van der Waals surface area contributed by atoms with Gasteiger partial charge in [-0.15, -0.1) is 0 Å². The lowest BCUT2D eigenvalue weighted by atomic mass is 10.0. The Morgan fingerprint density at radius 1 is 1.25 bits per heavy atom. The maximum absolute atomic E-state index is 11.6. The third-order valence-corrected chi connectivity index (χ3v) is 2.26. The van der Waals surface area contributed by atoms with Gasteiger partial charge in [0.05, 0.1) is 6.10 Å². The lowest BCUT2D eigenvalue weighted by molar-refractivity contribution is -0.128. The van der Waals surface area contributed by atoms with Gasteiger partial charge in [0.2, 0.25) is 5.91 Å². The first-order valence-electron chi connectivity index (χ1n) is 5.88. The van der Waals surface area contributed by atoms with Crippen LogP contribution in [0.15, 0.2) is 0 Å². The van der Waals surface area contributed by atoms with Crippen LogP contribution in [-0.4, -0.2) is 50.2 Å². The zero-order chi connectivity index (χ0) is 12.7. The van der Waals surface area contributed by atoms with Crippen molar-refractivity contribution in [1.82, 2.24) is 10.2 Å². The van der Waals surface area contributed by atoms with Crippen LogP contribution in [0, 0.1) is 5.92 Å². The van der Waals surface area contributed by atoms with Crippen LogP contribution < -0.4 is 5.32 Å². The van der Waals surface area contributed by atoms with E-state index in [1.165, 1.54) is 0 Å². The van der Waals surface area contributed by atoms with Crippen molar-refractivity contribution in [3.63, 3.8) is 0 Å². The first-order valence-corrected chi connectivity index (χ1v) is 5.88. The van der Waals surface area contributed by atoms with Gasteiger partial charge in [-0.25, -0.2) is 0 Å². The Morgan fingerprint density at radius 3 is 2.19 bits per heavy atom. The molecule has 0 saturated carbocycles. The van der Waals surface area contributed by atoms with Crippen molar-refractivity contribution in [1.29, 1.82) is 0 Å². The van der Waals surface area contributed by atoms with E-state index in [1.807, 2.05) is 27.9 Å². The van der Waals surface area contributed by atoms with Gasteiger partial charge in [0.1, 0.15) is 6.61 Å². The van der Waals surface area contributed by atoms with E-state index < -0.39 is 0 Å². The number of amides is 1. The Bertz CT molecular complexity index is 203. The first kappa shape index (κ1) is 15.4. The Labute approximate surface area is 99.3 Å². The molecular formula is C12H26N2O2. The zero-order valence-corrected chi connectivity index (χ0v) is 11.4. The summed E-state index contributed by atoms with van der Waals surface area (Å²) >= 11 is 0. The topological polar surface area (TPSA) is 41.6 Å². The van der Waals surface area contributed by atoms with Crippen LogP contribution in [0.2, 0.25) is 0 Å². The number of hydrogen-bond acceptors (Lipinski definition) is 3. The summed E-state index contributed by atoms with van der Waals surface area (Å²) in [5, 5.41) is 3.00. The third kappa shape index (κ3) is 7.65. The van der Waals surface area contributed by atoms with E-state index in [1.54, 1.807) is 0 Å². The number of hydrogen-bond donors (Lipinski definition) is 1. The second-order valence-electron chi connectivity index (χ2n) is 5.04. The highest BCUT2D eigenvalue weighted by Crippen LogP contribution is 2.02. The van der Waals surface area contributed by atoms with E-state index in [2.05, 4.69) is 24.1 Å². The molecule has 0 fully saturated rings. The van der Waals surface area contributed by atoms with Crippen LogP contribution in [-0.2, 0) is 9.53 Å². The van der Waals surface area contributed by atoms with E-state index >= 15 is 0 Å². The van der Waals surface area contributed by atoms with Crippen molar-refractivity contribution in [3.8, 4) is 0 Å². The number of likely N-dealkylation sites (N-methyl/N-ethyl adjacent to an activating group) is 1. The zero-order valence-electron chi connectivity index (χ0n) is 11.4. The van der Waals surface area contributed by atoms with Gasteiger partial charge in [-0.2, -0.15) is 0 Å². The van der Waals surface area contributed by atoms with Gasteiger partial charge >= 0.3 is 0 Å². The van der Waals surface area contributed by atoms with Crippen LogP contribution in [0.5, 0.6) is 0 Å². The van der Waals surface area contributed by atoms with E-state index in [9.17, 15) is 4.79 Å². The maximum atomic E-state index is 11.6. The van der Waals surface area contributed by atoms with Gasteiger partial charge in [-0.3, -0.25) is 4.79 Å². The molecule has 4 heteroatoms. The molecule has 1 amide bonds. The molecule has 0 spiro atoms. The van der Waals surface area contributed by atoms with Crippen molar-refractivity contribution in [2.75, 3.05) is 27.2 Å². The van der Waals surface area contributed by atoms with Crippen molar-refractivity contribution < 1.29 is 9.53 Å². The molecule has 0 aromatic carbocycles. The number of carbonyl (C=O) groups excluding carboxylic acids is 1. The predicted molar refractivity (Wildman–Crippen MR) is 66.4 cm³/mol. The molecule has 0 aromatic rings. The summed E-state index contributed by atoms with van der Waals surface area (Å²) in [6.07, 6.45) is 0.0945. The molecule has 0 aromatic heterocycles. The molecule has 1 N–H and O–H groups in total. The van der Waals surface area contributed by atoms with Crippen molar-refractivity contribution in [2.45, 2.75) is 39.8 Å². The van der Waals surface area contributed by atoms with Crippen LogP contribution in [0.4, 0.5) is 0 Å². The van der Waals surface area contributed by atoms with Gasteiger partial charge in [0, 0.05) is 12.6 Å². The van der Waals surface area contributed by atoms with Gasteiger partial charge in [-0.05, 0) is 33.9 Å². The van der Waals surface area contributed by atoms with Gasteiger partial charge in [0.15, 0.2) is 0 Å². The SMILES string of the molecule is CC(C)OCC(=O)NC(CN(C)C)C(C)C. The summed E-state index contributed by atoms with van der Waals surface area (Å²) < 4.78 is 5.26. The summed E-state index contributed by atoms with van der Waals surface area (Å²) in [6, 6.07) is 0.179. The molecule has 0 saturated heterocycles. The Kier molecular flexibility index (Phi) is 7.34. The van der Waals surface area contributed by atoms with Crippen LogP contribution in [0.25, 0.3) is 0 Å². The van der Waals surface area contributed by atoms with Gasteiger partial charge in [0.25, 0.3) is 0 Å². The first-order chi connectivity index (χ1) is 7.32. The molecule has 0 aliphatic carbocycles. The van der Waals surface area contributed by atoms with E-state index in [4.69, 9.17) is 4.74 Å². The summed E-state index contributed by atoms with van der Waals surface area (Å²) in [7, 11) is 4.01. The second-order valence-corrected chi connectivity index (χ2v) is 5.04. The number of ether oxygens (including phenoxy) is 1. The van der Waals surface area contributed by atoms with Gasteiger partial charge in [-0.1, -0.05) is 13.8 Å². The maximum Gasteiger partial charge on any atom is 0.246 e. The summed E-state index contributed by atoms with van der Waals surface area (Å²) in [6.45, 7) is 9.06. The number of rotatable bonds is 7. The molecule has 0 radical (unpaired) electrons. The fourth-order valence-electron chi connectivity index (χ4n) is 1.31. The highest BCUT2D eigenvalue weighted by molar-refractivity contribution is 5.77. The van der Waals surface area contributed by atoms with Crippen LogP contribution in [0.1, 0.15) is 27.7 Å². The van der Waals surface area contributed by atoms with E-state index in [0.29, 0.717) is 5.92 Å². The normalized spacial score (nSPS) is 13.6. The highest BCUT2D eigenvalue weighted by atomic mass is 16.5. The Balaban J connectivity index is 4.03. The monoisotopic (exact) mass is 230 g/mol. The molecule has 1 unspecified atom stereocenters. The standard InChI is InChI=1S/C12H26N2O2/c1-9(2)11(7-14(5)6)13-12(15)8-16-10(3)4/h9-11H,7-8H2,1-6H3,(H,13,15).